The summed E-state index contributed by atoms with van der Waals surface area (Å²) in [5, 5.41) is 5.34. The van der Waals surface area contributed by atoms with E-state index in [1.165, 1.54) is 28.4 Å². The minimum atomic E-state index is -0.674. The number of aryl methyl sites for hydroxylation is 1. The second kappa shape index (κ2) is 12.9. The monoisotopic (exact) mass is 510 g/mol. The van der Waals surface area contributed by atoms with Crippen LogP contribution in [-0.2, 0) is 22.7 Å². The lowest BCUT2D eigenvalue weighted by atomic mass is 10.2. The van der Waals surface area contributed by atoms with Gasteiger partial charge in [-0.25, -0.2) is 9.59 Å². The molecule has 0 aliphatic carbocycles. The number of nitrogens with one attached hydrogen (secondary N) is 2. The first kappa shape index (κ1) is 27.0. The third-order valence-corrected chi connectivity index (χ3v) is 5.41. The SMILES string of the molecule is COc1cccc(COC(=O)Nc2ccc(C)c(NC(=O)OCc3cccc(OC)c3OC)c2)c1OC. The predicted octanol–water partition coefficient (Wildman–Crippen LogP) is 5.53. The number of benzene rings is 3. The highest BCUT2D eigenvalue weighted by molar-refractivity contribution is 5.89. The molecular weight excluding hydrogens is 480 g/mol. The van der Waals surface area contributed by atoms with Crippen molar-refractivity contribution < 1.29 is 38.0 Å². The molecule has 0 spiro atoms. The van der Waals surface area contributed by atoms with Gasteiger partial charge in [-0.15, -0.1) is 0 Å². The van der Waals surface area contributed by atoms with Crippen LogP contribution in [0.4, 0.5) is 21.0 Å². The standard InChI is InChI=1S/C27H30N2O8/c1-17-12-13-20(28-26(30)36-15-18-8-6-10-22(32-2)24(18)34-4)14-21(17)29-27(31)37-16-19-9-7-11-23(33-3)25(19)35-5/h6-14H,15-16H2,1-5H3,(H,28,30)(H,29,31). The molecule has 0 fully saturated rings. The molecule has 3 rings (SSSR count). The molecule has 3 aromatic carbocycles. The minimum absolute atomic E-state index is 0.0245. The Kier molecular flexibility index (Phi) is 9.42. The first-order valence-electron chi connectivity index (χ1n) is 11.3. The van der Waals surface area contributed by atoms with Crippen molar-refractivity contribution in [1.82, 2.24) is 0 Å². The van der Waals surface area contributed by atoms with Crippen molar-refractivity contribution in [1.29, 1.82) is 0 Å². The normalized spacial score (nSPS) is 10.2. The van der Waals surface area contributed by atoms with E-state index < -0.39 is 12.2 Å². The Morgan fingerprint density at radius 2 is 1.19 bits per heavy atom. The highest BCUT2D eigenvalue weighted by Gasteiger charge is 2.14. The number of carbonyl (C=O) groups excluding carboxylic acids is 2. The number of carbonyl (C=O) groups is 2. The van der Waals surface area contributed by atoms with Crippen molar-refractivity contribution in [3.8, 4) is 23.0 Å². The highest BCUT2D eigenvalue weighted by atomic mass is 16.6. The van der Waals surface area contributed by atoms with Crippen LogP contribution in [0.1, 0.15) is 16.7 Å². The summed E-state index contributed by atoms with van der Waals surface area (Å²) < 4.78 is 31.9. The molecule has 2 N–H and O–H groups in total. The molecule has 0 aliphatic heterocycles. The van der Waals surface area contributed by atoms with Crippen molar-refractivity contribution in [2.45, 2.75) is 20.1 Å². The number of anilines is 2. The molecular formula is C27H30N2O8. The van der Waals surface area contributed by atoms with Gasteiger partial charge >= 0.3 is 12.2 Å². The molecule has 0 saturated carbocycles. The molecule has 37 heavy (non-hydrogen) atoms. The lowest BCUT2D eigenvalue weighted by Gasteiger charge is -2.15. The fourth-order valence-corrected chi connectivity index (χ4v) is 3.56. The van der Waals surface area contributed by atoms with E-state index in [-0.39, 0.29) is 13.2 Å². The highest BCUT2D eigenvalue weighted by Crippen LogP contribution is 2.32. The average Bonchev–Trinajstić information content (AvgIpc) is 2.91. The molecule has 10 heteroatoms. The minimum Gasteiger partial charge on any atom is -0.493 e. The molecule has 0 heterocycles. The summed E-state index contributed by atoms with van der Waals surface area (Å²) in [5.74, 6) is 2.06. The number of hydrogen-bond acceptors (Lipinski definition) is 8. The van der Waals surface area contributed by atoms with Crippen molar-refractivity contribution in [2.24, 2.45) is 0 Å². The summed E-state index contributed by atoms with van der Waals surface area (Å²) in [6, 6.07) is 15.7. The van der Waals surface area contributed by atoms with Gasteiger partial charge in [0.05, 0.1) is 28.4 Å². The second-order valence-electron chi connectivity index (χ2n) is 7.74. The molecule has 0 aromatic heterocycles. The van der Waals surface area contributed by atoms with Crippen molar-refractivity contribution in [3.05, 3.63) is 71.3 Å². The number of hydrogen-bond donors (Lipinski definition) is 2. The van der Waals surface area contributed by atoms with E-state index in [2.05, 4.69) is 10.6 Å². The van der Waals surface area contributed by atoms with Gasteiger partial charge < -0.3 is 28.4 Å². The van der Waals surface area contributed by atoms with Crippen molar-refractivity contribution >= 4 is 23.6 Å². The summed E-state index contributed by atoms with van der Waals surface area (Å²) in [4.78, 5) is 24.8. The van der Waals surface area contributed by atoms with E-state index in [4.69, 9.17) is 28.4 Å². The fourth-order valence-electron chi connectivity index (χ4n) is 3.56. The lowest BCUT2D eigenvalue weighted by molar-refractivity contribution is 0.153. The van der Waals surface area contributed by atoms with Crippen LogP contribution in [0.25, 0.3) is 0 Å². The van der Waals surface area contributed by atoms with Crippen LogP contribution in [0, 0.1) is 6.92 Å². The molecule has 196 valence electrons. The van der Waals surface area contributed by atoms with Gasteiger partial charge in [0.25, 0.3) is 0 Å². The number of amides is 2. The van der Waals surface area contributed by atoms with Gasteiger partial charge in [-0.3, -0.25) is 10.6 Å². The van der Waals surface area contributed by atoms with E-state index >= 15 is 0 Å². The molecule has 0 aliphatic rings. The molecule has 0 unspecified atom stereocenters. The third-order valence-electron chi connectivity index (χ3n) is 5.41. The molecule has 0 radical (unpaired) electrons. The largest absolute Gasteiger partial charge is 0.493 e. The van der Waals surface area contributed by atoms with Crippen LogP contribution in [0.15, 0.2) is 54.6 Å². The van der Waals surface area contributed by atoms with Crippen molar-refractivity contribution in [3.63, 3.8) is 0 Å². The third kappa shape index (κ3) is 6.97. The molecule has 2 amide bonds. The van der Waals surface area contributed by atoms with Gasteiger partial charge in [0.15, 0.2) is 23.0 Å². The van der Waals surface area contributed by atoms with Crippen LogP contribution >= 0.6 is 0 Å². The Bertz CT molecular complexity index is 1250. The van der Waals surface area contributed by atoms with Gasteiger partial charge in [-0.2, -0.15) is 0 Å². The van der Waals surface area contributed by atoms with Crippen LogP contribution in [0.3, 0.4) is 0 Å². The molecule has 0 bridgehead atoms. The Balaban J connectivity index is 1.59. The van der Waals surface area contributed by atoms with Gasteiger partial charge in [0.1, 0.15) is 13.2 Å². The second-order valence-corrected chi connectivity index (χ2v) is 7.74. The Labute approximate surface area is 215 Å². The zero-order valence-corrected chi connectivity index (χ0v) is 21.4. The quantitative estimate of drug-likeness (QED) is 0.366. The van der Waals surface area contributed by atoms with Crippen LogP contribution in [0.5, 0.6) is 23.0 Å². The summed E-state index contributed by atoms with van der Waals surface area (Å²) in [5.41, 5.74) is 2.97. The van der Waals surface area contributed by atoms with Gasteiger partial charge in [0.2, 0.25) is 0 Å². The lowest BCUT2D eigenvalue weighted by Crippen LogP contribution is -2.16. The maximum Gasteiger partial charge on any atom is 0.411 e. The topological polar surface area (TPSA) is 114 Å². The Morgan fingerprint density at radius 3 is 1.68 bits per heavy atom. The van der Waals surface area contributed by atoms with E-state index in [0.717, 1.165) is 5.56 Å². The Morgan fingerprint density at radius 1 is 0.676 bits per heavy atom. The maximum atomic E-state index is 12.5. The average molecular weight is 511 g/mol. The smallest absolute Gasteiger partial charge is 0.411 e. The van der Waals surface area contributed by atoms with Gasteiger partial charge in [-0.05, 0) is 36.8 Å². The number of para-hydroxylation sites is 2. The number of ether oxygens (including phenoxy) is 6. The maximum absolute atomic E-state index is 12.5. The summed E-state index contributed by atoms with van der Waals surface area (Å²) in [7, 11) is 6.09. The van der Waals surface area contributed by atoms with Crippen molar-refractivity contribution in [2.75, 3.05) is 39.1 Å². The zero-order valence-electron chi connectivity index (χ0n) is 21.4. The molecule has 0 atom stereocenters. The Hall–Kier alpha value is -4.60. The van der Waals surface area contributed by atoms with Crippen LogP contribution < -0.4 is 29.6 Å². The number of methoxy groups -OCH3 is 4. The zero-order chi connectivity index (χ0) is 26.8. The van der Waals surface area contributed by atoms with E-state index in [1.54, 1.807) is 54.6 Å². The van der Waals surface area contributed by atoms with Gasteiger partial charge in [-0.1, -0.05) is 30.3 Å². The molecule has 10 nitrogen and oxygen atoms in total. The number of rotatable bonds is 10. The van der Waals surface area contributed by atoms with E-state index in [9.17, 15) is 9.59 Å². The summed E-state index contributed by atoms with van der Waals surface area (Å²) in [6.07, 6.45) is -1.34. The van der Waals surface area contributed by atoms with Gasteiger partial charge in [0, 0.05) is 22.5 Å². The predicted molar refractivity (Wildman–Crippen MR) is 138 cm³/mol. The van der Waals surface area contributed by atoms with Crippen LogP contribution in [-0.4, -0.2) is 40.6 Å². The summed E-state index contributed by atoms with van der Waals surface area (Å²) >= 11 is 0. The van der Waals surface area contributed by atoms with Crippen LogP contribution in [0.2, 0.25) is 0 Å². The fraction of sp³-hybridized carbons (Fsp3) is 0.259. The molecule has 3 aromatic rings. The van der Waals surface area contributed by atoms with E-state index in [1.807, 2.05) is 6.92 Å². The van der Waals surface area contributed by atoms with E-state index in [0.29, 0.717) is 45.5 Å². The summed E-state index contributed by atoms with van der Waals surface area (Å²) in [6.45, 7) is 1.77. The first-order chi connectivity index (χ1) is 17.9. The molecule has 0 saturated heterocycles. The first-order valence-corrected chi connectivity index (χ1v) is 11.3.